The fourth-order valence-corrected chi connectivity index (χ4v) is 3.44. The number of methoxy groups -OCH3 is 1. The second kappa shape index (κ2) is 8.48. The van der Waals surface area contributed by atoms with E-state index in [1.54, 1.807) is 24.3 Å². The molecule has 0 spiro atoms. The Hall–Kier alpha value is -2.79. The maximum Gasteiger partial charge on any atom is 0.573 e. The van der Waals surface area contributed by atoms with Crippen molar-refractivity contribution in [2.75, 3.05) is 7.11 Å². The van der Waals surface area contributed by atoms with E-state index in [1.807, 2.05) is 4.72 Å². The lowest BCUT2D eigenvalue weighted by molar-refractivity contribution is -0.274. The number of benzene rings is 2. The van der Waals surface area contributed by atoms with E-state index in [2.05, 4.69) is 4.74 Å². The molecule has 2 rings (SSSR count). The monoisotopic (exact) mass is 419 g/mol. The van der Waals surface area contributed by atoms with E-state index < -0.39 is 39.0 Å². The molecule has 11 heteroatoms. The molecule has 0 aliphatic carbocycles. The molecule has 0 unspecified atom stereocenters. The average Bonchev–Trinajstić information content (AvgIpc) is 2.60. The number of alkyl halides is 3. The fourth-order valence-electron chi connectivity index (χ4n) is 2.25. The number of aliphatic carboxylic acids is 1. The fraction of sp³-hybridized carbons (Fsp3) is 0.235. The lowest BCUT2D eigenvalue weighted by Gasteiger charge is -2.15. The van der Waals surface area contributed by atoms with Gasteiger partial charge in [-0.15, -0.1) is 13.2 Å². The van der Waals surface area contributed by atoms with Gasteiger partial charge in [0.1, 0.15) is 17.5 Å². The molecule has 1 atom stereocenters. The van der Waals surface area contributed by atoms with Crippen LogP contribution in [0.4, 0.5) is 13.2 Å². The van der Waals surface area contributed by atoms with Gasteiger partial charge in [0.15, 0.2) is 0 Å². The molecule has 0 amide bonds. The van der Waals surface area contributed by atoms with E-state index in [0.29, 0.717) is 11.3 Å². The number of nitrogens with one attached hydrogen (secondary N) is 1. The summed E-state index contributed by atoms with van der Waals surface area (Å²) in [6, 6.07) is 8.31. The summed E-state index contributed by atoms with van der Waals surface area (Å²) in [7, 11) is -2.82. The normalized spacial score (nSPS) is 13.0. The van der Waals surface area contributed by atoms with E-state index in [4.69, 9.17) is 4.74 Å². The van der Waals surface area contributed by atoms with Gasteiger partial charge in [-0.3, -0.25) is 4.79 Å². The Morgan fingerprint density at radius 3 is 2.07 bits per heavy atom. The van der Waals surface area contributed by atoms with Crippen molar-refractivity contribution in [1.29, 1.82) is 0 Å². The van der Waals surface area contributed by atoms with Gasteiger partial charge < -0.3 is 14.6 Å². The van der Waals surface area contributed by atoms with Crippen molar-refractivity contribution in [2.45, 2.75) is 23.7 Å². The molecule has 0 saturated carbocycles. The third kappa shape index (κ3) is 6.13. The molecule has 2 aromatic carbocycles. The van der Waals surface area contributed by atoms with Gasteiger partial charge in [0, 0.05) is 0 Å². The smallest absolute Gasteiger partial charge is 0.497 e. The first-order valence-electron chi connectivity index (χ1n) is 7.74. The summed E-state index contributed by atoms with van der Waals surface area (Å²) >= 11 is 0. The summed E-state index contributed by atoms with van der Waals surface area (Å²) in [6.07, 6.45) is -5.06. The van der Waals surface area contributed by atoms with Gasteiger partial charge in [-0.05, 0) is 48.4 Å². The highest BCUT2D eigenvalue weighted by molar-refractivity contribution is 7.89. The minimum absolute atomic E-state index is 0.145. The van der Waals surface area contributed by atoms with Gasteiger partial charge >= 0.3 is 12.3 Å². The average molecular weight is 419 g/mol. The molecule has 2 aromatic rings. The summed E-state index contributed by atoms with van der Waals surface area (Å²) < 4.78 is 71.9. The second-order valence-corrected chi connectivity index (χ2v) is 7.30. The third-order valence-electron chi connectivity index (χ3n) is 3.56. The summed E-state index contributed by atoms with van der Waals surface area (Å²) in [4.78, 5) is 11.1. The molecule has 2 N–H and O–H groups in total. The Kier molecular flexibility index (Phi) is 6.52. The van der Waals surface area contributed by atoms with Crippen LogP contribution in [0.3, 0.4) is 0 Å². The summed E-state index contributed by atoms with van der Waals surface area (Å²) in [5.41, 5.74) is 0.546. The molecule has 0 heterocycles. The lowest BCUT2D eigenvalue weighted by Crippen LogP contribution is -2.42. The van der Waals surface area contributed by atoms with Crippen LogP contribution in [-0.2, 0) is 21.2 Å². The maximum atomic E-state index is 12.4. The van der Waals surface area contributed by atoms with Crippen LogP contribution in [-0.4, -0.2) is 39.0 Å². The zero-order valence-corrected chi connectivity index (χ0v) is 15.3. The molecule has 0 aliphatic rings. The first-order valence-corrected chi connectivity index (χ1v) is 9.22. The van der Waals surface area contributed by atoms with Crippen molar-refractivity contribution in [3.05, 3.63) is 54.1 Å². The Bertz CT molecular complexity index is 911. The molecular formula is C17H16F3NO6S. The Morgan fingerprint density at radius 2 is 1.61 bits per heavy atom. The van der Waals surface area contributed by atoms with Crippen LogP contribution < -0.4 is 14.2 Å². The SMILES string of the molecule is COc1ccc(C[C@H](NS(=O)(=O)c2ccc(OC(F)(F)F)cc2)C(=O)O)cc1. The lowest BCUT2D eigenvalue weighted by atomic mass is 10.1. The molecular weight excluding hydrogens is 403 g/mol. The largest absolute Gasteiger partial charge is 0.573 e. The first-order chi connectivity index (χ1) is 13.0. The van der Waals surface area contributed by atoms with Gasteiger partial charge in [-0.25, -0.2) is 8.42 Å². The van der Waals surface area contributed by atoms with Crippen LogP contribution in [0.1, 0.15) is 5.56 Å². The summed E-state index contributed by atoms with van der Waals surface area (Å²) in [6.45, 7) is 0. The Balaban J connectivity index is 2.15. The van der Waals surface area contributed by atoms with Crippen molar-refractivity contribution < 1.29 is 41.0 Å². The molecule has 0 radical (unpaired) electrons. The van der Waals surface area contributed by atoms with E-state index in [0.717, 1.165) is 24.3 Å². The number of hydrogen-bond acceptors (Lipinski definition) is 5. The van der Waals surface area contributed by atoms with E-state index in [1.165, 1.54) is 7.11 Å². The van der Waals surface area contributed by atoms with Crippen molar-refractivity contribution in [1.82, 2.24) is 4.72 Å². The molecule has 0 saturated heterocycles. The van der Waals surface area contributed by atoms with Crippen LogP contribution >= 0.6 is 0 Å². The van der Waals surface area contributed by atoms with Crippen LogP contribution in [0, 0.1) is 0 Å². The van der Waals surface area contributed by atoms with Crippen LogP contribution in [0.25, 0.3) is 0 Å². The van der Waals surface area contributed by atoms with Crippen molar-refractivity contribution >= 4 is 16.0 Å². The number of halogens is 3. The number of rotatable bonds is 8. The Morgan fingerprint density at radius 1 is 1.07 bits per heavy atom. The van der Waals surface area contributed by atoms with E-state index in [9.17, 15) is 31.5 Å². The predicted molar refractivity (Wildman–Crippen MR) is 91.6 cm³/mol. The highest BCUT2D eigenvalue weighted by atomic mass is 32.2. The Labute approximate surface area is 158 Å². The molecule has 28 heavy (non-hydrogen) atoms. The number of ether oxygens (including phenoxy) is 2. The minimum Gasteiger partial charge on any atom is -0.497 e. The van der Waals surface area contributed by atoms with E-state index in [-0.39, 0.29) is 6.42 Å². The molecule has 152 valence electrons. The summed E-state index contributed by atoms with van der Waals surface area (Å²) in [5.74, 6) is -1.45. The van der Waals surface area contributed by atoms with Crippen LogP contribution in [0.2, 0.25) is 0 Å². The van der Waals surface area contributed by atoms with E-state index >= 15 is 0 Å². The molecule has 0 aromatic heterocycles. The van der Waals surface area contributed by atoms with Gasteiger partial charge in [-0.2, -0.15) is 4.72 Å². The van der Waals surface area contributed by atoms with Crippen molar-refractivity contribution in [3.8, 4) is 11.5 Å². The van der Waals surface area contributed by atoms with Gasteiger partial charge in [0.25, 0.3) is 0 Å². The summed E-state index contributed by atoms with van der Waals surface area (Å²) in [5, 5.41) is 9.32. The number of carbonyl (C=O) groups is 1. The number of hydrogen-bond donors (Lipinski definition) is 2. The predicted octanol–water partition coefficient (Wildman–Crippen LogP) is 2.57. The highest BCUT2D eigenvalue weighted by Crippen LogP contribution is 2.24. The van der Waals surface area contributed by atoms with Gasteiger partial charge in [-0.1, -0.05) is 12.1 Å². The highest BCUT2D eigenvalue weighted by Gasteiger charge is 2.31. The van der Waals surface area contributed by atoms with Crippen molar-refractivity contribution in [3.63, 3.8) is 0 Å². The van der Waals surface area contributed by atoms with Gasteiger partial charge in [0.05, 0.1) is 12.0 Å². The number of carboxylic acid groups (broad SMARTS) is 1. The quantitative estimate of drug-likeness (QED) is 0.682. The van der Waals surface area contributed by atoms with Crippen LogP contribution in [0.5, 0.6) is 11.5 Å². The number of carboxylic acids is 1. The molecule has 0 bridgehead atoms. The first kappa shape index (κ1) is 21.5. The molecule has 0 fully saturated rings. The number of sulfonamides is 1. The standard InChI is InChI=1S/C17H16F3NO6S/c1-26-12-4-2-11(3-5-12)10-15(16(22)23)21-28(24,25)14-8-6-13(7-9-14)27-17(18,19)20/h2-9,15,21H,10H2,1H3,(H,22,23)/t15-/m0/s1. The van der Waals surface area contributed by atoms with Crippen LogP contribution in [0.15, 0.2) is 53.4 Å². The maximum absolute atomic E-state index is 12.4. The molecule has 7 nitrogen and oxygen atoms in total. The third-order valence-corrected chi connectivity index (χ3v) is 5.05. The zero-order valence-electron chi connectivity index (χ0n) is 14.4. The van der Waals surface area contributed by atoms with Gasteiger partial charge in [0.2, 0.25) is 10.0 Å². The zero-order chi connectivity index (χ0) is 20.9. The minimum atomic E-state index is -4.91. The van der Waals surface area contributed by atoms with Crippen molar-refractivity contribution in [2.24, 2.45) is 0 Å². The topological polar surface area (TPSA) is 102 Å². The molecule has 0 aliphatic heterocycles. The second-order valence-electron chi connectivity index (χ2n) is 5.58.